The third-order valence-electron chi connectivity index (χ3n) is 3.83. The molecule has 0 aromatic heterocycles. The van der Waals surface area contributed by atoms with Crippen LogP contribution in [-0.4, -0.2) is 32.9 Å². The quantitative estimate of drug-likeness (QED) is 0.443. The lowest BCUT2D eigenvalue weighted by Gasteiger charge is -2.27. The van der Waals surface area contributed by atoms with Crippen molar-refractivity contribution in [1.82, 2.24) is 0 Å². The predicted molar refractivity (Wildman–Crippen MR) is 91.5 cm³/mol. The van der Waals surface area contributed by atoms with Crippen molar-refractivity contribution in [2.75, 3.05) is 7.11 Å². The molecule has 0 aliphatic carbocycles. The summed E-state index contributed by atoms with van der Waals surface area (Å²) in [6, 6.07) is 9.76. The first-order chi connectivity index (χ1) is 13.2. The Morgan fingerprint density at radius 2 is 1.17 bits per heavy atom. The van der Waals surface area contributed by atoms with Gasteiger partial charge in [-0.1, -0.05) is 36.4 Å². The fraction of sp³-hybridized carbons (Fsp3) is 0.222. The lowest BCUT2D eigenvalue weighted by molar-refractivity contribution is -0.332. The van der Waals surface area contributed by atoms with Crippen molar-refractivity contribution in [2.24, 2.45) is 0 Å². The molecule has 158 valence electrons. The topological polar surface area (TPSA) is 43.4 Å². The van der Waals surface area contributed by atoms with Crippen LogP contribution >= 0.6 is 0 Å². The molecule has 0 aliphatic rings. The fourth-order valence-electron chi connectivity index (χ4n) is 2.15. The van der Waals surface area contributed by atoms with Crippen LogP contribution in [0.25, 0.3) is 12.2 Å². The number of benzene rings is 2. The minimum Gasteiger partial charge on any atom is -0.497 e. The highest BCUT2D eigenvalue weighted by atomic mass is 32.2. The second kappa shape index (κ2) is 7.69. The van der Waals surface area contributed by atoms with Gasteiger partial charge in [0.05, 0.1) is 12.0 Å². The maximum Gasteiger partial charge on any atom is 0.461 e. The second-order valence-electron chi connectivity index (χ2n) is 5.77. The lowest BCUT2D eigenvalue weighted by atomic mass is 10.1. The SMILES string of the molecule is COc1ccc(C=Cc2ccc(S(=O)(=O)C(F)(F)C(F)(F)C(F)(F)F)cc2)cc1. The van der Waals surface area contributed by atoms with E-state index >= 15 is 0 Å². The molecule has 0 bridgehead atoms. The number of rotatable bonds is 6. The molecule has 0 aliphatic heterocycles. The van der Waals surface area contributed by atoms with E-state index in [2.05, 4.69) is 0 Å². The number of sulfone groups is 1. The van der Waals surface area contributed by atoms with Crippen LogP contribution in [0.5, 0.6) is 5.75 Å². The largest absolute Gasteiger partial charge is 0.497 e. The van der Waals surface area contributed by atoms with Crippen LogP contribution in [0.4, 0.5) is 30.7 Å². The summed E-state index contributed by atoms with van der Waals surface area (Å²) in [6.45, 7) is 0. The lowest BCUT2D eigenvalue weighted by Crippen LogP contribution is -2.55. The van der Waals surface area contributed by atoms with Gasteiger partial charge in [0.15, 0.2) is 0 Å². The molecule has 11 heteroatoms. The van der Waals surface area contributed by atoms with Crippen LogP contribution in [0.3, 0.4) is 0 Å². The van der Waals surface area contributed by atoms with E-state index in [1.165, 1.54) is 13.2 Å². The highest BCUT2D eigenvalue weighted by Gasteiger charge is 2.78. The molecule has 2 rings (SSSR count). The molecule has 0 atom stereocenters. The number of hydrogen-bond donors (Lipinski definition) is 0. The number of halogens is 7. The molecule has 0 radical (unpaired) electrons. The van der Waals surface area contributed by atoms with Gasteiger partial charge in [0.25, 0.3) is 0 Å². The minimum atomic E-state index is -6.76. The van der Waals surface area contributed by atoms with Gasteiger partial charge >= 0.3 is 17.4 Å². The number of alkyl halides is 7. The summed E-state index contributed by atoms with van der Waals surface area (Å²) in [5.74, 6) is -6.15. The maximum absolute atomic E-state index is 13.6. The zero-order chi connectivity index (χ0) is 22.1. The average molecular weight is 442 g/mol. The maximum atomic E-state index is 13.6. The Morgan fingerprint density at radius 1 is 0.759 bits per heavy atom. The molecule has 2 aromatic rings. The number of hydrogen-bond acceptors (Lipinski definition) is 3. The van der Waals surface area contributed by atoms with Crippen LogP contribution in [0.15, 0.2) is 53.4 Å². The Labute approximate surface area is 161 Å². The Kier molecular flexibility index (Phi) is 6.03. The molecule has 3 nitrogen and oxygen atoms in total. The molecule has 2 aromatic carbocycles. The number of methoxy groups -OCH3 is 1. The fourth-order valence-corrected chi connectivity index (χ4v) is 3.39. The Bertz CT molecular complexity index is 978. The first-order valence-electron chi connectivity index (χ1n) is 7.73. The first kappa shape index (κ1) is 22.7. The van der Waals surface area contributed by atoms with Crippen molar-refractivity contribution < 1.29 is 43.9 Å². The van der Waals surface area contributed by atoms with Gasteiger partial charge in [-0.25, -0.2) is 8.42 Å². The van der Waals surface area contributed by atoms with Crippen molar-refractivity contribution >= 4 is 22.0 Å². The smallest absolute Gasteiger partial charge is 0.461 e. The van der Waals surface area contributed by atoms with E-state index in [4.69, 9.17) is 4.74 Å². The summed E-state index contributed by atoms with van der Waals surface area (Å²) >= 11 is 0. The molecule has 0 spiro atoms. The van der Waals surface area contributed by atoms with Gasteiger partial charge < -0.3 is 4.74 Å². The van der Waals surface area contributed by atoms with E-state index in [-0.39, 0.29) is 0 Å². The summed E-state index contributed by atoms with van der Waals surface area (Å²) in [4.78, 5) is -1.37. The zero-order valence-corrected chi connectivity index (χ0v) is 15.4. The van der Waals surface area contributed by atoms with E-state index < -0.39 is 32.1 Å². The van der Waals surface area contributed by atoms with Crippen LogP contribution in [0.1, 0.15) is 11.1 Å². The van der Waals surface area contributed by atoms with Crippen LogP contribution < -0.4 is 4.74 Å². The Balaban J connectivity index is 2.29. The van der Waals surface area contributed by atoms with Crippen LogP contribution in [-0.2, 0) is 9.84 Å². The van der Waals surface area contributed by atoms with Gasteiger partial charge in [-0.05, 0) is 35.4 Å². The summed E-state index contributed by atoms with van der Waals surface area (Å²) in [5.41, 5.74) is 1.00. The summed E-state index contributed by atoms with van der Waals surface area (Å²) in [5, 5.41) is -6.38. The molecule has 0 saturated carbocycles. The Hall–Kier alpha value is -2.56. The molecule has 0 unspecified atom stereocenters. The summed E-state index contributed by atoms with van der Waals surface area (Å²) < 4.78 is 119. The van der Waals surface area contributed by atoms with Crippen molar-refractivity contribution in [2.45, 2.75) is 22.2 Å². The summed E-state index contributed by atoms with van der Waals surface area (Å²) in [6.07, 6.45) is -3.71. The molecule has 0 saturated heterocycles. The second-order valence-corrected chi connectivity index (χ2v) is 7.76. The molecular formula is C18H13F7O3S. The van der Waals surface area contributed by atoms with Crippen molar-refractivity contribution in [3.8, 4) is 5.75 Å². The van der Waals surface area contributed by atoms with Crippen molar-refractivity contribution in [3.05, 3.63) is 59.7 Å². The van der Waals surface area contributed by atoms with Gasteiger partial charge in [-0.3, -0.25) is 0 Å². The third-order valence-corrected chi connectivity index (χ3v) is 5.66. The highest BCUT2D eigenvalue weighted by molar-refractivity contribution is 7.92. The molecule has 0 heterocycles. The normalized spacial score (nSPS) is 13.7. The van der Waals surface area contributed by atoms with E-state index in [1.54, 1.807) is 30.3 Å². The molecule has 0 amide bonds. The van der Waals surface area contributed by atoms with Gasteiger partial charge in [-0.15, -0.1) is 0 Å². The Morgan fingerprint density at radius 3 is 1.55 bits per heavy atom. The van der Waals surface area contributed by atoms with Crippen LogP contribution in [0.2, 0.25) is 0 Å². The minimum absolute atomic E-state index is 0.297. The standard InChI is InChI=1S/C18H13F7O3S/c1-28-14-8-4-12(5-9-14)2-3-13-6-10-15(11-7-13)29(26,27)18(24,25)16(19,20)17(21,22)23/h2-11H,1H3. The monoisotopic (exact) mass is 442 g/mol. The molecule has 0 fully saturated rings. The van der Waals surface area contributed by atoms with Crippen LogP contribution in [0, 0.1) is 0 Å². The van der Waals surface area contributed by atoms with E-state index in [9.17, 15) is 39.2 Å². The summed E-state index contributed by atoms with van der Waals surface area (Å²) in [7, 11) is -4.83. The predicted octanol–water partition coefficient (Wildman–Crippen LogP) is 5.43. The zero-order valence-electron chi connectivity index (χ0n) is 14.6. The molecule has 29 heavy (non-hydrogen) atoms. The van der Waals surface area contributed by atoms with Gasteiger partial charge in [0.2, 0.25) is 9.84 Å². The van der Waals surface area contributed by atoms with Crippen molar-refractivity contribution in [3.63, 3.8) is 0 Å². The van der Waals surface area contributed by atoms with Crippen molar-refractivity contribution in [1.29, 1.82) is 0 Å². The van der Waals surface area contributed by atoms with Gasteiger partial charge in [-0.2, -0.15) is 30.7 Å². The average Bonchev–Trinajstić information content (AvgIpc) is 2.66. The van der Waals surface area contributed by atoms with Gasteiger partial charge in [0.1, 0.15) is 5.75 Å². The molecule has 0 N–H and O–H groups in total. The van der Waals surface area contributed by atoms with Gasteiger partial charge in [0, 0.05) is 0 Å². The van der Waals surface area contributed by atoms with E-state index in [1.807, 2.05) is 0 Å². The highest BCUT2D eigenvalue weighted by Crippen LogP contribution is 2.50. The first-order valence-corrected chi connectivity index (χ1v) is 9.21. The third kappa shape index (κ3) is 4.24. The van der Waals surface area contributed by atoms with E-state index in [0.717, 1.165) is 12.1 Å². The number of ether oxygens (including phenoxy) is 1. The van der Waals surface area contributed by atoms with E-state index in [0.29, 0.717) is 29.0 Å². The molecular weight excluding hydrogens is 429 g/mol.